The summed E-state index contributed by atoms with van der Waals surface area (Å²) in [7, 11) is -5.17. The minimum absolute atomic E-state index is 0.104. The summed E-state index contributed by atoms with van der Waals surface area (Å²) >= 11 is 4.42. The Morgan fingerprint density at radius 2 is 1.59 bits per heavy atom. The first kappa shape index (κ1) is 35.4. The van der Waals surface area contributed by atoms with E-state index in [-0.39, 0.29) is 24.2 Å². The van der Waals surface area contributed by atoms with Gasteiger partial charge in [0.15, 0.2) is 5.78 Å². The fraction of sp³-hybridized carbons (Fsp3) is 0.429. The second-order valence-corrected chi connectivity index (χ2v) is 12.5. The van der Waals surface area contributed by atoms with Gasteiger partial charge in [-0.1, -0.05) is 45.9 Å². The molecule has 2 aromatic carbocycles. The van der Waals surface area contributed by atoms with Crippen LogP contribution in [0.1, 0.15) is 56.3 Å². The van der Waals surface area contributed by atoms with Gasteiger partial charge in [-0.2, -0.15) is 0 Å². The zero-order valence-corrected chi connectivity index (χ0v) is 28.6. The third kappa shape index (κ3) is 11.1. The second-order valence-electron chi connectivity index (χ2n) is 9.39. The minimum atomic E-state index is -5.17. The van der Waals surface area contributed by atoms with Crippen molar-refractivity contribution < 1.29 is 41.0 Å². The molecule has 0 spiro atoms. The minimum Gasteiger partial charge on any atom is -0.759 e. The summed E-state index contributed by atoms with van der Waals surface area (Å²) in [6.07, 6.45) is -0.327. The highest BCUT2D eigenvalue weighted by atomic mass is 127. The first-order valence-corrected chi connectivity index (χ1v) is 16.4. The average molecular weight is 813 g/mol. The van der Waals surface area contributed by atoms with Crippen molar-refractivity contribution in [2.75, 3.05) is 26.2 Å². The number of rotatable bonds is 12. The van der Waals surface area contributed by atoms with Crippen LogP contribution in [-0.2, 0) is 26.4 Å². The van der Waals surface area contributed by atoms with E-state index in [1.165, 1.54) is 0 Å². The van der Waals surface area contributed by atoms with E-state index in [2.05, 4.69) is 63.9 Å². The number of hydrogen-bond donors (Lipinski definition) is 0. The highest BCUT2D eigenvalue weighted by molar-refractivity contribution is 14.1. The molecular formula is C28H33I2NO9S-2. The van der Waals surface area contributed by atoms with E-state index in [1.54, 1.807) is 6.07 Å². The van der Waals surface area contributed by atoms with Gasteiger partial charge in [-0.05, 0) is 89.3 Å². The third-order valence-electron chi connectivity index (χ3n) is 6.27. The van der Waals surface area contributed by atoms with Crippen molar-refractivity contribution in [2.45, 2.75) is 47.1 Å². The Bertz CT molecular complexity index is 1420. The summed E-state index contributed by atoms with van der Waals surface area (Å²) in [5, 5.41) is 0.687. The Morgan fingerprint density at radius 3 is 2.12 bits per heavy atom. The van der Waals surface area contributed by atoms with Crippen LogP contribution in [0.2, 0.25) is 0 Å². The van der Waals surface area contributed by atoms with Crippen molar-refractivity contribution in [2.24, 2.45) is 5.92 Å². The number of furan rings is 1. The summed E-state index contributed by atoms with van der Waals surface area (Å²) < 4.78 is 53.4. The number of likely N-dealkylation sites (N-methyl/N-ethyl adjacent to an activating group) is 1. The molecule has 41 heavy (non-hydrogen) atoms. The molecule has 0 amide bonds. The van der Waals surface area contributed by atoms with Gasteiger partial charge in [-0.3, -0.25) is 18.0 Å². The van der Waals surface area contributed by atoms with Crippen LogP contribution in [0.15, 0.2) is 40.8 Å². The standard InChI is InChI=1S/C28H33I2NO5.H2O4S/c1-6-31(7-2)12-13-34-28-21(29)14-19(15-22(28)30)27(33)26-20-10-8-9-11-23(20)36-24(26)16-25(32)35-18(5)17(3)4;1-5(2,3)4/h8-11,14-15,17-18H,6-7,12-13,16H2,1-5H3;(H2,1,2,3,4)/p-2/t18-;/m0./s1. The molecule has 0 unspecified atom stereocenters. The Kier molecular flexibility index (Phi) is 14.0. The number of halogens is 2. The molecule has 3 aromatic rings. The number of para-hydroxylation sites is 1. The molecule has 10 nitrogen and oxygen atoms in total. The molecule has 0 fully saturated rings. The molecule has 226 valence electrons. The van der Waals surface area contributed by atoms with E-state index >= 15 is 0 Å². The predicted molar refractivity (Wildman–Crippen MR) is 169 cm³/mol. The van der Waals surface area contributed by atoms with Gasteiger partial charge in [0.1, 0.15) is 36.2 Å². The normalized spacial score (nSPS) is 12.3. The van der Waals surface area contributed by atoms with Crippen LogP contribution in [0.5, 0.6) is 5.75 Å². The Labute approximate surface area is 268 Å². The quantitative estimate of drug-likeness (QED) is 0.0767. The maximum atomic E-state index is 13.8. The van der Waals surface area contributed by atoms with Crippen LogP contribution in [0.25, 0.3) is 11.0 Å². The summed E-state index contributed by atoms with van der Waals surface area (Å²) in [6.45, 7) is 13.5. The zero-order chi connectivity index (χ0) is 30.9. The highest BCUT2D eigenvalue weighted by Gasteiger charge is 2.26. The Hall–Kier alpha value is -1.79. The lowest BCUT2D eigenvalue weighted by molar-refractivity contribution is -0.149. The molecule has 0 saturated heterocycles. The smallest absolute Gasteiger partial charge is 0.313 e. The van der Waals surface area contributed by atoms with Crippen molar-refractivity contribution in [3.63, 3.8) is 0 Å². The molecule has 0 bridgehead atoms. The fourth-order valence-corrected chi connectivity index (χ4v) is 5.86. The van der Waals surface area contributed by atoms with Gasteiger partial charge in [0, 0.05) is 27.9 Å². The number of carbonyl (C=O) groups excluding carboxylic acids is 2. The van der Waals surface area contributed by atoms with E-state index in [1.807, 2.05) is 51.1 Å². The van der Waals surface area contributed by atoms with Crippen molar-refractivity contribution in [3.8, 4) is 5.75 Å². The lowest BCUT2D eigenvalue weighted by atomic mass is 9.99. The van der Waals surface area contributed by atoms with Crippen LogP contribution in [0.4, 0.5) is 0 Å². The maximum Gasteiger partial charge on any atom is 0.313 e. The molecule has 0 aliphatic carbocycles. The van der Waals surface area contributed by atoms with Gasteiger partial charge in [0.25, 0.3) is 0 Å². The van der Waals surface area contributed by atoms with Gasteiger partial charge in [0.2, 0.25) is 0 Å². The van der Waals surface area contributed by atoms with E-state index in [0.717, 1.165) is 32.5 Å². The van der Waals surface area contributed by atoms with Crippen LogP contribution >= 0.6 is 45.2 Å². The molecule has 1 heterocycles. The second kappa shape index (κ2) is 16.2. The topological polar surface area (TPSA) is 149 Å². The maximum absolute atomic E-state index is 13.8. The number of fused-ring (bicyclic) bond motifs is 1. The summed E-state index contributed by atoms with van der Waals surface area (Å²) in [5.74, 6) is 0.702. The predicted octanol–water partition coefficient (Wildman–Crippen LogP) is 5.39. The largest absolute Gasteiger partial charge is 0.759 e. The fourth-order valence-electron chi connectivity index (χ4n) is 3.78. The number of nitrogens with zero attached hydrogens (tertiary/aromatic N) is 1. The molecule has 0 radical (unpaired) electrons. The first-order chi connectivity index (χ1) is 19.2. The third-order valence-corrected chi connectivity index (χ3v) is 7.87. The van der Waals surface area contributed by atoms with Crippen LogP contribution in [-0.4, -0.2) is 66.5 Å². The Morgan fingerprint density at radius 1 is 1.02 bits per heavy atom. The highest BCUT2D eigenvalue weighted by Crippen LogP contribution is 2.33. The molecule has 13 heteroatoms. The summed E-state index contributed by atoms with van der Waals surface area (Å²) in [4.78, 5) is 28.7. The van der Waals surface area contributed by atoms with E-state index in [4.69, 9.17) is 31.4 Å². The molecule has 0 saturated carbocycles. The molecule has 3 rings (SSSR count). The van der Waals surface area contributed by atoms with Gasteiger partial charge >= 0.3 is 5.97 Å². The van der Waals surface area contributed by atoms with Crippen molar-refractivity contribution in [1.29, 1.82) is 0 Å². The molecule has 1 aromatic heterocycles. The summed E-state index contributed by atoms with van der Waals surface area (Å²) in [6, 6.07) is 11.0. The Balaban J connectivity index is 0.00000108. The van der Waals surface area contributed by atoms with Crippen molar-refractivity contribution in [3.05, 3.63) is 60.4 Å². The van der Waals surface area contributed by atoms with Gasteiger partial charge in [0.05, 0.1) is 12.7 Å². The van der Waals surface area contributed by atoms with Crippen LogP contribution in [0.3, 0.4) is 0 Å². The van der Waals surface area contributed by atoms with E-state index in [9.17, 15) is 9.59 Å². The van der Waals surface area contributed by atoms with Gasteiger partial charge in [-0.15, -0.1) is 0 Å². The zero-order valence-electron chi connectivity index (χ0n) is 23.4. The van der Waals surface area contributed by atoms with Gasteiger partial charge < -0.3 is 27.9 Å². The molecule has 0 aliphatic rings. The molecule has 0 N–H and O–H groups in total. The van der Waals surface area contributed by atoms with Crippen LogP contribution in [0, 0.1) is 13.1 Å². The first-order valence-electron chi connectivity index (χ1n) is 12.9. The lowest BCUT2D eigenvalue weighted by Gasteiger charge is -2.19. The molecule has 0 aliphatic heterocycles. The number of hydrogen-bond acceptors (Lipinski definition) is 10. The number of carbonyl (C=O) groups is 2. The number of esters is 1. The number of benzene rings is 2. The SMILES string of the molecule is CCN(CC)CCOc1c(I)cc(C(=O)c2c(CC(=O)O[C@@H](C)C(C)C)oc3ccccc23)cc1I.O=S(=O)([O-])[O-]. The van der Waals surface area contributed by atoms with E-state index in [0.29, 0.717) is 34.5 Å². The van der Waals surface area contributed by atoms with Crippen molar-refractivity contribution in [1.82, 2.24) is 4.90 Å². The van der Waals surface area contributed by atoms with Gasteiger partial charge in [-0.25, -0.2) is 0 Å². The monoisotopic (exact) mass is 813 g/mol. The average Bonchev–Trinajstić information content (AvgIpc) is 3.23. The number of ether oxygens (including phenoxy) is 2. The van der Waals surface area contributed by atoms with Crippen LogP contribution < -0.4 is 4.74 Å². The number of ketones is 1. The van der Waals surface area contributed by atoms with E-state index < -0.39 is 16.4 Å². The molecule has 1 atom stereocenters. The lowest BCUT2D eigenvalue weighted by Crippen LogP contribution is -2.28. The van der Waals surface area contributed by atoms with Crippen molar-refractivity contribution >= 4 is 78.3 Å². The molecular weight excluding hydrogens is 780 g/mol. The summed E-state index contributed by atoms with van der Waals surface area (Å²) in [5.41, 5.74) is 1.50.